The molecule has 4 heteroatoms. The van der Waals surface area contributed by atoms with Gasteiger partial charge in [0.05, 0.1) is 13.0 Å². The molecular formula is C12H16BrNO2. The molecule has 0 aliphatic heterocycles. The maximum absolute atomic E-state index is 11.6. The van der Waals surface area contributed by atoms with Crippen LogP contribution in [-0.4, -0.2) is 19.6 Å². The van der Waals surface area contributed by atoms with E-state index in [2.05, 4.69) is 15.9 Å². The van der Waals surface area contributed by atoms with Gasteiger partial charge < -0.3 is 10.5 Å². The first-order chi connectivity index (χ1) is 7.69. The van der Waals surface area contributed by atoms with Crippen molar-refractivity contribution >= 4 is 21.9 Å². The summed E-state index contributed by atoms with van der Waals surface area (Å²) in [6, 6.07) is 7.71. The predicted octanol–water partition coefficient (Wildman–Crippen LogP) is 2.44. The van der Waals surface area contributed by atoms with Gasteiger partial charge in [0.15, 0.2) is 0 Å². The lowest BCUT2D eigenvalue weighted by atomic mass is 9.94. The lowest BCUT2D eigenvalue weighted by molar-refractivity contribution is -0.142. The van der Waals surface area contributed by atoms with Crippen molar-refractivity contribution in [1.82, 2.24) is 0 Å². The Balaban J connectivity index is 2.82. The molecule has 0 spiro atoms. The van der Waals surface area contributed by atoms with E-state index in [-0.39, 0.29) is 11.9 Å². The Labute approximate surface area is 104 Å². The summed E-state index contributed by atoms with van der Waals surface area (Å²) in [6.45, 7) is 0.587. The molecule has 0 saturated heterocycles. The van der Waals surface area contributed by atoms with Gasteiger partial charge in [-0.05, 0) is 37.1 Å². The maximum atomic E-state index is 11.6. The number of halogens is 1. The third kappa shape index (κ3) is 3.61. The second-order valence-electron chi connectivity index (χ2n) is 3.56. The second-order valence-corrected chi connectivity index (χ2v) is 4.47. The van der Waals surface area contributed by atoms with Gasteiger partial charge in [-0.3, -0.25) is 4.79 Å². The standard InChI is InChI=1S/C12H16BrNO2/c1-16-12(15)11(3-2-8-14)9-4-6-10(13)7-5-9/h4-7,11H,2-3,8,14H2,1H3. The number of rotatable bonds is 5. The van der Waals surface area contributed by atoms with E-state index in [4.69, 9.17) is 10.5 Å². The van der Waals surface area contributed by atoms with E-state index in [1.807, 2.05) is 24.3 Å². The molecule has 1 aromatic carbocycles. The first-order valence-electron chi connectivity index (χ1n) is 5.22. The molecule has 0 aliphatic rings. The third-order valence-electron chi connectivity index (χ3n) is 2.45. The Morgan fingerprint density at radius 2 is 2.06 bits per heavy atom. The van der Waals surface area contributed by atoms with Crippen molar-refractivity contribution in [3.63, 3.8) is 0 Å². The first-order valence-corrected chi connectivity index (χ1v) is 6.01. The van der Waals surface area contributed by atoms with Gasteiger partial charge in [0, 0.05) is 4.47 Å². The molecule has 1 atom stereocenters. The molecule has 0 aromatic heterocycles. The molecule has 16 heavy (non-hydrogen) atoms. The summed E-state index contributed by atoms with van der Waals surface area (Å²) >= 11 is 3.37. The summed E-state index contributed by atoms with van der Waals surface area (Å²) in [5, 5.41) is 0. The number of methoxy groups -OCH3 is 1. The fraction of sp³-hybridized carbons (Fsp3) is 0.417. The van der Waals surface area contributed by atoms with E-state index >= 15 is 0 Å². The zero-order chi connectivity index (χ0) is 12.0. The molecule has 1 rings (SSSR count). The van der Waals surface area contributed by atoms with Crippen LogP contribution in [0.1, 0.15) is 24.3 Å². The summed E-state index contributed by atoms with van der Waals surface area (Å²) < 4.78 is 5.80. The highest BCUT2D eigenvalue weighted by atomic mass is 79.9. The van der Waals surface area contributed by atoms with Crippen molar-refractivity contribution in [1.29, 1.82) is 0 Å². The van der Waals surface area contributed by atoms with E-state index in [1.54, 1.807) is 0 Å². The highest BCUT2D eigenvalue weighted by Crippen LogP contribution is 2.24. The molecule has 0 amide bonds. The van der Waals surface area contributed by atoms with Gasteiger partial charge in [0.25, 0.3) is 0 Å². The summed E-state index contributed by atoms with van der Waals surface area (Å²) in [7, 11) is 1.41. The largest absolute Gasteiger partial charge is 0.469 e. The zero-order valence-electron chi connectivity index (χ0n) is 9.28. The molecule has 0 bridgehead atoms. The fourth-order valence-corrected chi connectivity index (χ4v) is 1.84. The molecule has 2 N–H and O–H groups in total. The molecule has 0 fully saturated rings. The van der Waals surface area contributed by atoms with Crippen molar-refractivity contribution in [2.75, 3.05) is 13.7 Å². The smallest absolute Gasteiger partial charge is 0.313 e. The van der Waals surface area contributed by atoms with Crippen molar-refractivity contribution in [3.8, 4) is 0 Å². The average molecular weight is 286 g/mol. The SMILES string of the molecule is COC(=O)C(CCCN)c1ccc(Br)cc1. The van der Waals surface area contributed by atoms with Crippen LogP contribution in [0.4, 0.5) is 0 Å². The molecule has 0 aliphatic carbocycles. The van der Waals surface area contributed by atoms with E-state index in [0.29, 0.717) is 6.54 Å². The lowest BCUT2D eigenvalue weighted by Crippen LogP contribution is -2.15. The third-order valence-corrected chi connectivity index (χ3v) is 2.98. The van der Waals surface area contributed by atoms with E-state index < -0.39 is 0 Å². The number of benzene rings is 1. The minimum Gasteiger partial charge on any atom is -0.469 e. The molecule has 0 heterocycles. The van der Waals surface area contributed by atoms with Gasteiger partial charge in [-0.1, -0.05) is 28.1 Å². The van der Waals surface area contributed by atoms with Crippen LogP contribution in [0.2, 0.25) is 0 Å². The molecule has 0 saturated carbocycles. The minimum atomic E-state index is -0.207. The van der Waals surface area contributed by atoms with Gasteiger partial charge in [0.1, 0.15) is 0 Å². The van der Waals surface area contributed by atoms with E-state index in [9.17, 15) is 4.79 Å². The number of esters is 1. The Morgan fingerprint density at radius 1 is 1.44 bits per heavy atom. The van der Waals surface area contributed by atoms with Crippen LogP contribution in [0.3, 0.4) is 0 Å². The summed E-state index contributed by atoms with van der Waals surface area (Å²) in [4.78, 5) is 11.6. The Kier molecular flexibility index (Phi) is 5.49. The van der Waals surface area contributed by atoms with Crippen LogP contribution in [-0.2, 0) is 9.53 Å². The van der Waals surface area contributed by atoms with Gasteiger partial charge in [0.2, 0.25) is 0 Å². The van der Waals surface area contributed by atoms with Gasteiger partial charge in [-0.15, -0.1) is 0 Å². The van der Waals surface area contributed by atoms with Crippen LogP contribution >= 0.6 is 15.9 Å². The maximum Gasteiger partial charge on any atom is 0.313 e. The van der Waals surface area contributed by atoms with Crippen LogP contribution in [0.25, 0.3) is 0 Å². The molecule has 3 nitrogen and oxygen atoms in total. The molecular weight excluding hydrogens is 270 g/mol. The number of nitrogens with two attached hydrogens (primary N) is 1. The lowest BCUT2D eigenvalue weighted by Gasteiger charge is -2.14. The number of carbonyl (C=O) groups excluding carboxylic acids is 1. The van der Waals surface area contributed by atoms with Crippen LogP contribution in [0.15, 0.2) is 28.7 Å². The second kappa shape index (κ2) is 6.66. The minimum absolute atomic E-state index is 0.198. The summed E-state index contributed by atoms with van der Waals surface area (Å²) in [5.41, 5.74) is 6.44. The molecule has 88 valence electrons. The quantitative estimate of drug-likeness (QED) is 0.846. The molecule has 1 aromatic rings. The Hall–Kier alpha value is -0.870. The molecule has 1 unspecified atom stereocenters. The number of ether oxygens (including phenoxy) is 1. The van der Waals surface area contributed by atoms with Gasteiger partial charge >= 0.3 is 5.97 Å². The monoisotopic (exact) mass is 285 g/mol. The van der Waals surface area contributed by atoms with Crippen LogP contribution in [0, 0.1) is 0 Å². The number of carbonyl (C=O) groups is 1. The normalized spacial score (nSPS) is 12.2. The fourth-order valence-electron chi connectivity index (χ4n) is 1.58. The van der Waals surface area contributed by atoms with Crippen molar-refractivity contribution in [2.45, 2.75) is 18.8 Å². The predicted molar refractivity (Wildman–Crippen MR) is 67.2 cm³/mol. The van der Waals surface area contributed by atoms with Crippen LogP contribution < -0.4 is 5.73 Å². The van der Waals surface area contributed by atoms with Gasteiger partial charge in [-0.2, -0.15) is 0 Å². The highest BCUT2D eigenvalue weighted by Gasteiger charge is 2.20. The zero-order valence-corrected chi connectivity index (χ0v) is 10.9. The van der Waals surface area contributed by atoms with Crippen molar-refractivity contribution in [3.05, 3.63) is 34.3 Å². The van der Waals surface area contributed by atoms with Crippen molar-refractivity contribution in [2.24, 2.45) is 5.73 Å². The molecule has 0 radical (unpaired) electrons. The summed E-state index contributed by atoms with van der Waals surface area (Å²) in [5.74, 6) is -0.405. The number of hydrogen-bond acceptors (Lipinski definition) is 3. The van der Waals surface area contributed by atoms with Crippen LogP contribution in [0.5, 0.6) is 0 Å². The first kappa shape index (κ1) is 13.2. The Bertz CT molecular complexity index is 337. The van der Waals surface area contributed by atoms with E-state index in [1.165, 1.54) is 7.11 Å². The van der Waals surface area contributed by atoms with E-state index in [0.717, 1.165) is 22.9 Å². The summed E-state index contributed by atoms with van der Waals surface area (Å²) in [6.07, 6.45) is 1.54. The topological polar surface area (TPSA) is 52.3 Å². The average Bonchev–Trinajstić information content (AvgIpc) is 2.31. The highest BCUT2D eigenvalue weighted by molar-refractivity contribution is 9.10. The number of hydrogen-bond donors (Lipinski definition) is 1. The van der Waals surface area contributed by atoms with Gasteiger partial charge in [-0.25, -0.2) is 0 Å². The Morgan fingerprint density at radius 3 is 2.56 bits per heavy atom. The van der Waals surface area contributed by atoms with Crippen molar-refractivity contribution < 1.29 is 9.53 Å².